The lowest BCUT2D eigenvalue weighted by atomic mass is 9.99. The first kappa shape index (κ1) is 31.1. The maximum atomic E-state index is 12.5. The zero-order chi connectivity index (χ0) is 28.0. The van der Waals surface area contributed by atoms with Gasteiger partial charge in [0.1, 0.15) is 0 Å². The van der Waals surface area contributed by atoms with Crippen LogP contribution in [0.25, 0.3) is 0 Å². The summed E-state index contributed by atoms with van der Waals surface area (Å²) >= 11 is 0. The van der Waals surface area contributed by atoms with Gasteiger partial charge in [-0.05, 0) is 73.6 Å². The van der Waals surface area contributed by atoms with Crippen LogP contribution in [0, 0.1) is 0 Å². The Kier molecular flexibility index (Phi) is 11.0. The van der Waals surface area contributed by atoms with Crippen molar-refractivity contribution in [2.45, 2.75) is 97.8 Å². The molecule has 10 nitrogen and oxygen atoms in total. The van der Waals surface area contributed by atoms with Crippen molar-refractivity contribution in [1.29, 1.82) is 0 Å². The van der Waals surface area contributed by atoms with Crippen LogP contribution >= 0.6 is 0 Å². The SMILES string of the molecule is CCn1cc(O)n(C(C)(C)CCCS(=O)CCCS(=O)CCCC(C)(C)n2c(O)cn(CC)c2=O)c1=O. The van der Waals surface area contributed by atoms with Crippen molar-refractivity contribution in [3.05, 3.63) is 33.4 Å². The molecular weight excluding hydrogens is 516 g/mol. The average molecular weight is 561 g/mol. The largest absolute Gasteiger partial charge is 0.493 e. The molecule has 0 amide bonds. The van der Waals surface area contributed by atoms with Gasteiger partial charge in [0.05, 0.1) is 12.4 Å². The van der Waals surface area contributed by atoms with Crippen LogP contribution in [-0.4, -0.2) is 59.9 Å². The number of aromatic nitrogens is 4. The molecule has 0 fully saturated rings. The third-order valence-electron chi connectivity index (χ3n) is 6.83. The van der Waals surface area contributed by atoms with Crippen LogP contribution < -0.4 is 11.4 Å². The summed E-state index contributed by atoms with van der Waals surface area (Å²) in [5.41, 5.74) is -1.69. The van der Waals surface area contributed by atoms with Crippen LogP contribution in [0.4, 0.5) is 0 Å². The zero-order valence-corrected chi connectivity index (χ0v) is 24.7. The standard InChI is InChI=1S/C25H44N4O6S2/c1-7-26-18-20(30)28(22(26)32)24(3,4)12-9-14-36(34)16-11-17-37(35)15-10-13-25(5,6)29-21(31)19-27(8-2)23(29)33/h18-19,30-31H,7-17H2,1-6H3. The summed E-state index contributed by atoms with van der Waals surface area (Å²) < 4.78 is 30.6. The van der Waals surface area contributed by atoms with Crippen LogP contribution in [0.2, 0.25) is 0 Å². The van der Waals surface area contributed by atoms with Gasteiger partial charge in [-0.15, -0.1) is 0 Å². The van der Waals surface area contributed by atoms with Crippen LogP contribution in [0.5, 0.6) is 11.8 Å². The Morgan fingerprint density at radius 1 is 0.676 bits per heavy atom. The molecule has 0 aliphatic rings. The fraction of sp³-hybridized carbons (Fsp3) is 0.760. The molecule has 0 saturated heterocycles. The van der Waals surface area contributed by atoms with E-state index in [1.54, 1.807) is 0 Å². The minimum Gasteiger partial charge on any atom is -0.493 e. The predicted molar refractivity (Wildman–Crippen MR) is 150 cm³/mol. The minimum absolute atomic E-state index is 0.0629. The molecule has 0 saturated carbocycles. The molecule has 0 spiro atoms. The van der Waals surface area contributed by atoms with Crippen molar-refractivity contribution in [1.82, 2.24) is 18.3 Å². The lowest BCUT2D eigenvalue weighted by molar-refractivity contribution is 0.273. The summed E-state index contributed by atoms with van der Waals surface area (Å²) in [5, 5.41) is 20.4. The lowest BCUT2D eigenvalue weighted by Gasteiger charge is -2.26. The van der Waals surface area contributed by atoms with Gasteiger partial charge in [0, 0.05) is 68.8 Å². The van der Waals surface area contributed by atoms with Gasteiger partial charge in [-0.25, -0.2) is 9.59 Å². The molecule has 0 radical (unpaired) electrons. The highest BCUT2D eigenvalue weighted by Crippen LogP contribution is 2.26. The third kappa shape index (κ3) is 7.95. The van der Waals surface area contributed by atoms with E-state index in [-0.39, 0.29) is 23.1 Å². The molecule has 0 aliphatic carbocycles. The van der Waals surface area contributed by atoms with E-state index in [2.05, 4.69) is 0 Å². The molecule has 2 aromatic rings. The van der Waals surface area contributed by atoms with E-state index in [0.29, 0.717) is 68.2 Å². The predicted octanol–water partition coefficient (Wildman–Crippen LogP) is 2.68. The number of aromatic hydroxyl groups is 2. The van der Waals surface area contributed by atoms with E-state index in [1.165, 1.54) is 30.7 Å². The van der Waals surface area contributed by atoms with Crippen LogP contribution in [-0.2, 0) is 45.8 Å². The van der Waals surface area contributed by atoms with Gasteiger partial charge < -0.3 is 10.2 Å². The molecule has 0 bridgehead atoms. The third-order valence-corrected chi connectivity index (χ3v) is 9.81. The molecule has 12 heteroatoms. The quantitative estimate of drug-likeness (QED) is 0.325. The molecule has 37 heavy (non-hydrogen) atoms. The van der Waals surface area contributed by atoms with Crippen molar-refractivity contribution in [2.75, 3.05) is 23.0 Å². The number of rotatable bonds is 16. The second kappa shape index (κ2) is 13.1. The highest BCUT2D eigenvalue weighted by molar-refractivity contribution is 7.85. The lowest BCUT2D eigenvalue weighted by Crippen LogP contribution is -2.37. The van der Waals surface area contributed by atoms with Crippen molar-refractivity contribution >= 4 is 21.6 Å². The van der Waals surface area contributed by atoms with Gasteiger partial charge in [-0.3, -0.25) is 26.7 Å². The van der Waals surface area contributed by atoms with Crippen LogP contribution in [0.15, 0.2) is 22.0 Å². The Hall–Kier alpha value is -2.08. The molecule has 2 N–H and O–H groups in total. The van der Waals surface area contributed by atoms with Gasteiger partial charge in [0.25, 0.3) is 0 Å². The second-order valence-electron chi connectivity index (χ2n) is 10.7. The Bertz CT molecular complexity index is 1110. The average Bonchev–Trinajstić information content (AvgIpc) is 3.27. The summed E-state index contributed by atoms with van der Waals surface area (Å²) in [6, 6.07) is 0. The van der Waals surface area contributed by atoms with E-state index in [4.69, 9.17) is 0 Å². The Balaban J connectivity index is 1.72. The monoisotopic (exact) mass is 560 g/mol. The van der Waals surface area contributed by atoms with Crippen molar-refractivity contribution in [3.8, 4) is 11.8 Å². The van der Waals surface area contributed by atoms with Crippen molar-refractivity contribution < 1.29 is 18.6 Å². The Morgan fingerprint density at radius 3 is 1.30 bits per heavy atom. The zero-order valence-electron chi connectivity index (χ0n) is 23.1. The molecule has 2 heterocycles. The fourth-order valence-electron chi connectivity index (χ4n) is 4.69. The molecule has 2 unspecified atom stereocenters. The summed E-state index contributed by atoms with van der Waals surface area (Å²) in [5.74, 6) is 1.80. The fourth-order valence-corrected chi connectivity index (χ4v) is 7.15. The molecule has 2 atom stereocenters. The molecule has 212 valence electrons. The first-order chi connectivity index (χ1) is 17.2. The maximum absolute atomic E-state index is 12.5. The number of hydrogen-bond donors (Lipinski definition) is 2. The normalized spacial score (nSPS) is 14.2. The first-order valence-corrected chi connectivity index (χ1v) is 16.0. The molecule has 2 aromatic heterocycles. The number of aryl methyl sites for hydroxylation is 2. The Morgan fingerprint density at radius 2 is 1.00 bits per heavy atom. The maximum Gasteiger partial charge on any atom is 0.331 e. The summed E-state index contributed by atoms with van der Waals surface area (Å²) in [6.07, 6.45) is 5.97. The van der Waals surface area contributed by atoms with Gasteiger partial charge >= 0.3 is 11.4 Å². The summed E-state index contributed by atoms with van der Waals surface area (Å²) in [4.78, 5) is 24.9. The highest BCUT2D eigenvalue weighted by atomic mass is 32.2. The number of imidazole rings is 2. The van der Waals surface area contributed by atoms with Crippen LogP contribution in [0.3, 0.4) is 0 Å². The van der Waals surface area contributed by atoms with Gasteiger partial charge in [-0.1, -0.05) is 0 Å². The van der Waals surface area contributed by atoms with E-state index < -0.39 is 32.7 Å². The first-order valence-electron chi connectivity index (χ1n) is 13.0. The van der Waals surface area contributed by atoms with Crippen molar-refractivity contribution in [2.24, 2.45) is 0 Å². The van der Waals surface area contributed by atoms with E-state index in [1.807, 2.05) is 41.5 Å². The van der Waals surface area contributed by atoms with E-state index >= 15 is 0 Å². The minimum atomic E-state index is -1.04. The van der Waals surface area contributed by atoms with Crippen molar-refractivity contribution in [3.63, 3.8) is 0 Å². The van der Waals surface area contributed by atoms with E-state index in [9.17, 15) is 28.2 Å². The van der Waals surface area contributed by atoms with Gasteiger partial charge in [0.15, 0.2) is 0 Å². The molecule has 0 aromatic carbocycles. The Labute approximate surface area is 224 Å². The van der Waals surface area contributed by atoms with Gasteiger partial charge in [-0.2, -0.15) is 0 Å². The second-order valence-corrected chi connectivity index (χ2v) is 14.1. The van der Waals surface area contributed by atoms with Gasteiger partial charge in [0.2, 0.25) is 11.8 Å². The highest BCUT2D eigenvalue weighted by Gasteiger charge is 2.27. The summed E-state index contributed by atoms with van der Waals surface area (Å²) in [7, 11) is -2.08. The number of hydrogen-bond acceptors (Lipinski definition) is 6. The topological polar surface area (TPSA) is 128 Å². The number of nitrogens with zero attached hydrogens (tertiary/aromatic N) is 4. The molecule has 2 rings (SSSR count). The smallest absolute Gasteiger partial charge is 0.331 e. The van der Waals surface area contributed by atoms with Crippen LogP contribution in [0.1, 0.15) is 73.6 Å². The van der Waals surface area contributed by atoms with E-state index in [0.717, 1.165) is 0 Å². The summed E-state index contributed by atoms with van der Waals surface area (Å²) in [6.45, 7) is 12.2. The molecule has 0 aliphatic heterocycles. The molecular formula is C25H44N4O6S2.